The largest absolute Gasteiger partial charge is 0.390 e. The van der Waals surface area contributed by atoms with Gasteiger partial charge in [-0.25, -0.2) is 0 Å². The molecule has 2 rings (SSSR count). The lowest BCUT2D eigenvalue weighted by Crippen LogP contribution is -2.34. The van der Waals surface area contributed by atoms with Crippen molar-refractivity contribution < 1.29 is 13.2 Å². The Morgan fingerprint density at radius 1 is 1.15 bits per heavy atom. The Labute approximate surface area is 118 Å². The number of rotatable bonds is 5. The van der Waals surface area contributed by atoms with Gasteiger partial charge in [0.1, 0.15) is 0 Å². The molecule has 0 heterocycles. The quantitative estimate of drug-likeness (QED) is 0.815. The summed E-state index contributed by atoms with van der Waals surface area (Å²) in [5, 5.41) is 3.16. The second kappa shape index (κ2) is 6.17. The summed E-state index contributed by atoms with van der Waals surface area (Å²) in [6.45, 7) is 2.82. The van der Waals surface area contributed by atoms with Gasteiger partial charge in [0.25, 0.3) is 0 Å². The minimum absolute atomic E-state index is 0.151. The van der Waals surface area contributed by atoms with E-state index >= 15 is 0 Å². The maximum atomic E-state index is 12.7. The average molecular weight is 285 g/mol. The van der Waals surface area contributed by atoms with E-state index < -0.39 is 18.6 Å². The van der Waals surface area contributed by atoms with Crippen molar-refractivity contribution in [3.63, 3.8) is 0 Å². The second-order valence-corrected chi connectivity index (χ2v) is 6.18. The van der Waals surface area contributed by atoms with Crippen molar-refractivity contribution in [1.82, 2.24) is 5.32 Å². The molecule has 0 radical (unpaired) electrons. The summed E-state index contributed by atoms with van der Waals surface area (Å²) in [6.07, 6.45) is -0.376. The molecule has 0 bridgehead atoms. The molecule has 1 nitrogen and oxygen atoms in total. The summed E-state index contributed by atoms with van der Waals surface area (Å²) in [4.78, 5) is 0. The van der Waals surface area contributed by atoms with Crippen molar-refractivity contribution in [3.05, 3.63) is 35.9 Å². The smallest absolute Gasteiger partial charge is 0.309 e. The lowest BCUT2D eigenvalue weighted by atomic mass is 9.88. The molecule has 1 aliphatic carbocycles. The molecule has 1 saturated carbocycles. The van der Waals surface area contributed by atoms with Crippen LogP contribution >= 0.6 is 0 Å². The zero-order valence-electron chi connectivity index (χ0n) is 11.8. The lowest BCUT2D eigenvalue weighted by Gasteiger charge is -2.28. The first kappa shape index (κ1) is 15.4. The molecule has 0 aliphatic heterocycles. The van der Waals surface area contributed by atoms with E-state index in [1.54, 1.807) is 24.3 Å². The highest BCUT2D eigenvalue weighted by Gasteiger charge is 2.34. The molecular weight excluding hydrogens is 263 g/mol. The summed E-state index contributed by atoms with van der Waals surface area (Å²) >= 11 is 0. The molecule has 0 saturated heterocycles. The van der Waals surface area contributed by atoms with Crippen molar-refractivity contribution >= 4 is 0 Å². The molecular formula is C16H22F3N. The average Bonchev–Trinajstić information content (AvgIpc) is 2.82. The van der Waals surface area contributed by atoms with E-state index in [9.17, 15) is 13.2 Å². The minimum atomic E-state index is -4.15. The van der Waals surface area contributed by atoms with Gasteiger partial charge in [-0.05, 0) is 23.8 Å². The van der Waals surface area contributed by atoms with Crippen LogP contribution in [0.2, 0.25) is 0 Å². The third-order valence-electron chi connectivity index (χ3n) is 4.22. The predicted octanol–water partition coefficient (Wildman–Crippen LogP) is 4.85. The van der Waals surface area contributed by atoms with Gasteiger partial charge in [-0.15, -0.1) is 0 Å². The number of hydrogen-bond donors (Lipinski definition) is 1. The first-order valence-electron chi connectivity index (χ1n) is 7.23. The van der Waals surface area contributed by atoms with Crippen LogP contribution in [-0.2, 0) is 0 Å². The third-order valence-corrected chi connectivity index (χ3v) is 4.22. The van der Waals surface area contributed by atoms with Crippen LogP contribution in [0.15, 0.2) is 30.3 Å². The molecule has 1 fully saturated rings. The first-order valence-corrected chi connectivity index (χ1v) is 7.23. The molecule has 4 heteroatoms. The van der Waals surface area contributed by atoms with Gasteiger partial charge in [0.2, 0.25) is 0 Å². The van der Waals surface area contributed by atoms with Gasteiger partial charge in [-0.3, -0.25) is 0 Å². The molecule has 1 atom stereocenters. The Morgan fingerprint density at radius 3 is 2.30 bits per heavy atom. The van der Waals surface area contributed by atoms with E-state index in [-0.39, 0.29) is 5.41 Å². The Morgan fingerprint density at radius 2 is 1.75 bits per heavy atom. The Kier molecular flexibility index (Phi) is 4.74. The van der Waals surface area contributed by atoms with E-state index in [1.807, 2.05) is 6.07 Å². The van der Waals surface area contributed by atoms with Crippen molar-refractivity contribution in [2.24, 2.45) is 5.41 Å². The normalized spacial score (nSPS) is 20.0. The number of halogens is 3. The van der Waals surface area contributed by atoms with Crippen LogP contribution in [0.4, 0.5) is 13.2 Å². The Hall–Kier alpha value is -1.03. The molecule has 1 aliphatic rings. The molecule has 1 aromatic carbocycles. The summed E-state index contributed by atoms with van der Waals surface area (Å²) < 4.78 is 38.2. The summed E-state index contributed by atoms with van der Waals surface area (Å²) in [5.41, 5.74) is 0.866. The highest BCUT2D eigenvalue weighted by molar-refractivity contribution is 5.19. The highest BCUT2D eigenvalue weighted by Crippen LogP contribution is 2.38. The van der Waals surface area contributed by atoms with Crippen LogP contribution in [0.1, 0.15) is 50.6 Å². The molecule has 0 aromatic heterocycles. The first-order chi connectivity index (χ1) is 9.38. The topological polar surface area (TPSA) is 12.0 Å². The fourth-order valence-electron chi connectivity index (χ4n) is 3.00. The van der Waals surface area contributed by atoms with Gasteiger partial charge in [0.05, 0.1) is 6.42 Å². The summed E-state index contributed by atoms with van der Waals surface area (Å²) in [6, 6.07) is 8.29. The highest BCUT2D eigenvalue weighted by atomic mass is 19.4. The van der Waals surface area contributed by atoms with Gasteiger partial charge in [0.15, 0.2) is 0 Å². The fraction of sp³-hybridized carbons (Fsp3) is 0.625. The van der Waals surface area contributed by atoms with Crippen LogP contribution in [0.5, 0.6) is 0 Å². The summed E-state index contributed by atoms with van der Waals surface area (Å²) in [5.74, 6) is 0. The maximum Gasteiger partial charge on any atom is 0.390 e. The molecule has 1 aromatic rings. The van der Waals surface area contributed by atoms with E-state index in [1.165, 1.54) is 12.8 Å². The second-order valence-electron chi connectivity index (χ2n) is 6.18. The lowest BCUT2D eigenvalue weighted by molar-refractivity contribution is -0.140. The third kappa shape index (κ3) is 4.51. The van der Waals surface area contributed by atoms with Gasteiger partial charge in [-0.1, -0.05) is 50.1 Å². The SMILES string of the molecule is CC1(CNC(CC(F)(F)F)c2ccccc2)CCCC1. The Balaban J connectivity index is 2.03. The fourth-order valence-corrected chi connectivity index (χ4v) is 3.00. The van der Waals surface area contributed by atoms with E-state index in [0.717, 1.165) is 12.8 Å². The van der Waals surface area contributed by atoms with Crippen LogP contribution in [0.3, 0.4) is 0 Å². The molecule has 1 unspecified atom stereocenters. The maximum absolute atomic E-state index is 12.7. The van der Waals surface area contributed by atoms with Crippen LogP contribution in [0.25, 0.3) is 0 Å². The number of benzene rings is 1. The zero-order chi connectivity index (χ0) is 14.6. The van der Waals surface area contributed by atoms with E-state index in [2.05, 4.69) is 12.2 Å². The molecule has 112 valence electrons. The van der Waals surface area contributed by atoms with Crippen LogP contribution in [-0.4, -0.2) is 12.7 Å². The van der Waals surface area contributed by atoms with Crippen molar-refractivity contribution in [1.29, 1.82) is 0 Å². The Bertz CT molecular complexity index is 407. The predicted molar refractivity (Wildman–Crippen MR) is 74.4 cm³/mol. The van der Waals surface area contributed by atoms with E-state index in [4.69, 9.17) is 0 Å². The summed E-state index contributed by atoms with van der Waals surface area (Å²) in [7, 11) is 0. The van der Waals surface area contributed by atoms with E-state index in [0.29, 0.717) is 12.1 Å². The number of hydrogen-bond acceptors (Lipinski definition) is 1. The van der Waals surface area contributed by atoms with Crippen LogP contribution < -0.4 is 5.32 Å². The molecule has 0 amide bonds. The van der Waals surface area contributed by atoms with Crippen LogP contribution in [0, 0.1) is 5.41 Å². The molecule has 1 N–H and O–H groups in total. The van der Waals surface area contributed by atoms with Crippen molar-refractivity contribution in [3.8, 4) is 0 Å². The number of nitrogens with one attached hydrogen (secondary N) is 1. The minimum Gasteiger partial charge on any atom is -0.309 e. The standard InChI is InChI=1S/C16H22F3N/c1-15(9-5-6-10-15)12-20-14(11-16(17,18)19)13-7-3-2-4-8-13/h2-4,7-8,14,20H,5-6,9-12H2,1H3. The number of alkyl halides is 3. The van der Waals surface area contributed by atoms with Gasteiger partial charge >= 0.3 is 6.18 Å². The zero-order valence-corrected chi connectivity index (χ0v) is 11.8. The molecule has 20 heavy (non-hydrogen) atoms. The monoisotopic (exact) mass is 285 g/mol. The van der Waals surface area contributed by atoms with Gasteiger partial charge < -0.3 is 5.32 Å². The van der Waals surface area contributed by atoms with Crippen molar-refractivity contribution in [2.45, 2.75) is 51.2 Å². The molecule has 0 spiro atoms. The van der Waals surface area contributed by atoms with Gasteiger partial charge in [-0.2, -0.15) is 13.2 Å². The van der Waals surface area contributed by atoms with Gasteiger partial charge in [0, 0.05) is 12.6 Å². The van der Waals surface area contributed by atoms with Crippen molar-refractivity contribution in [2.75, 3.05) is 6.54 Å².